The molecular weight excluding hydrogens is 781 g/mol. The summed E-state index contributed by atoms with van der Waals surface area (Å²) < 4.78 is 12.0. The summed E-state index contributed by atoms with van der Waals surface area (Å²) in [7, 11) is 0. The average molecular weight is 885 g/mol. The smallest absolute Gasteiger partial charge is 0.306 e. The van der Waals surface area contributed by atoms with Gasteiger partial charge in [0.2, 0.25) is 0 Å². The molecule has 2 unspecified atom stereocenters. The van der Waals surface area contributed by atoms with Crippen LogP contribution in [0.5, 0.6) is 0 Å². The van der Waals surface area contributed by atoms with E-state index in [2.05, 4.69) is 54.9 Å². The molecule has 0 heterocycles. The number of rotatable bonds is 44. The normalized spacial score (nSPS) is 16.1. The van der Waals surface area contributed by atoms with Crippen molar-refractivity contribution in [2.45, 2.75) is 264 Å². The Morgan fingerprint density at radius 2 is 0.984 bits per heavy atom. The van der Waals surface area contributed by atoms with Crippen LogP contribution in [-0.4, -0.2) is 84.9 Å². The van der Waals surface area contributed by atoms with Crippen LogP contribution in [-0.2, 0) is 19.1 Å². The van der Waals surface area contributed by atoms with Crippen molar-refractivity contribution < 1.29 is 24.2 Å². The molecule has 2 fully saturated rings. The van der Waals surface area contributed by atoms with Crippen LogP contribution in [0.2, 0.25) is 0 Å². The van der Waals surface area contributed by atoms with Crippen molar-refractivity contribution in [3.8, 4) is 0 Å². The van der Waals surface area contributed by atoms with Crippen molar-refractivity contribution >= 4 is 11.9 Å². The summed E-state index contributed by atoms with van der Waals surface area (Å²) in [5, 5.41) is 9.86. The third-order valence-corrected chi connectivity index (χ3v) is 14.2. The lowest BCUT2D eigenvalue weighted by atomic mass is 9.91. The molecule has 0 aromatic heterocycles. The first-order chi connectivity index (χ1) is 31.0. The number of allylic oxidation sites excluding steroid dienone is 4. The van der Waals surface area contributed by atoms with Crippen LogP contribution >= 0.6 is 0 Å². The number of carbonyl (C=O) groups excluding carboxylic acids is 2. The molecular formula is C56H104N2O5. The fourth-order valence-corrected chi connectivity index (χ4v) is 9.79. The topological polar surface area (TPSA) is 79.3 Å². The van der Waals surface area contributed by atoms with E-state index in [0.717, 1.165) is 90.4 Å². The van der Waals surface area contributed by atoms with Gasteiger partial charge in [-0.3, -0.25) is 19.4 Å². The van der Waals surface area contributed by atoms with E-state index in [1.807, 2.05) is 0 Å². The first-order valence-electron chi connectivity index (χ1n) is 27.7. The molecule has 7 heteroatoms. The maximum Gasteiger partial charge on any atom is 0.306 e. The summed E-state index contributed by atoms with van der Waals surface area (Å²) >= 11 is 0. The van der Waals surface area contributed by atoms with Crippen molar-refractivity contribution in [2.75, 3.05) is 46.0 Å². The molecule has 0 amide bonds. The van der Waals surface area contributed by atoms with E-state index in [1.54, 1.807) is 0 Å². The number of hydrogen-bond acceptors (Lipinski definition) is 7. The molecule has 0 aromatic rings. The van der Waals surface area contributed by atoms with Crippen molar-refractivity contribution in [1.29, 1.82) is 0 Å². The molecule has 0 radical (unpaired) electrons. The minimum absolute atomic E-state index is 0.0348. The molecule has 0 saturated heterocycles. The molecule has 1 N–H and O–H groups in total. The summed E-state index contributed by atoms with van der Waals surface area (Å²) in [4.78, 5) is 31.6. The number of esters is 2. The summed E-state index contributed by atoms with van der Waals surface area (Å²) in [6.45, 7) is 11.7. The van der Waals surface area contributed by atoms with Gasteiger partial charge in [-0.25, -0.2) is 0 Å². The first-order valence-corrected chi connectivity index (χ1v) is 27.7. The monoisotopic (exact) mass is 885 g/mol. The maximum atomic E-state index is 13.4. The second-order valence-electron chi connectivity index (χ2n) is 19.9. The van der Waals surface area contributed by atoms with Crippen LogP contribution < -0.4 is 0 Å². The number of ether oxygens (including phenoxy) is 2. The molecule has 0 aromatic carbocycles. The van der Waals surface area contributed by atoms with E-state index in [9.17, 15) is 14.7 Å². The largest absolute Gasteiger partial charge is 0.465 e. The van der Waals surface area contributed by atoms with Crippen molar-refractivity contribution in [1.82, 2.24) is 9.80 Å². The Morgan fingerprint density at radius 3 is 1.59 bits per heavy atom. The van der Waals surface area contributed by atoms with Crippen molar-refractivity contribution in [3.05, 3.63) is 24.3 Å². The van der Waals surface area contributed by atoms with Gasteiger partial charge >= 0.3 is 11.9 Å². The zero-order valence-corrected chi connectivity index (χ0v) is 42.0. The molecule has 2 atom stereocenters. The Hall–Kier alpha value is -1.70. The lowest BCUT2D eigenvalue weighted by Crippen LogP contribution is -2.47. The molecule has 7 nitrogen and oxygen atoms in total. The second kappa shape index (κ2) is 41.7. The zero-order valence-electron chi connectivity index (χ0n) is 42.0. The molecule has 0 bridgehead atoms. The van der Waals surface area contributed by atoms with Gasteiger partial charge in [0, 0.05) is 50.5 Å². The minimum Gasteiger partial charge on any atom is -0.465 e. The lowest BCUT2D eigenvalue weighted by Gasteiger charge is -2.40. The quantitative estimate of drug-likeness (QED) is 0.0371. The standard InChI is InChI=1S/C56H104N2O5/c1-4-7-10-13-15-16-17-18-19-20-21-22-23-25-31-42-55(60)62-49-52(50-63-56(61)48-51(35-27-12-9-6-3)36-28-24-14-11-8-5-2)37-32-33-43-57(54-40-34-41-54)44-45-58(46-47-59)53-38-29-26-30-39-53/h15-16,18-19,51-54,59H,4-14,17,20-50H2,1-3H3/b16-15-,19-18-. The van der Waals surface area contributed by atoms with Gasteiger partial charge in [0.05, 0.1) is 19.8 Å². The van der Waals surface area contributed by atoms with E-state index >= 15 is 0 Å². The molecule has 0 aliphatic heterocycles. The van der Waals surface area contributed by atoms with Gasteiger partial charge in [-0.05, 0) is 102 Å². The zero-order chi connectivity index (χ0) is 45.3. The summed E-state index contributed by atoms with van der Waals surface area (Å²) in [5.41, 5.74) is 0. The summed E-state index contributed by atoms with van der Waals surface area (Å²) in [6, 6.07) is 1.31. The van der Waals surface area contributed by atoms with Gasteiger partial charge in [-0.15, -0.1) is 0 Å². The predicted octanol–water partition coefficient (Wildman–Crippen LogP) is 14.9. The number of hydrogen-bond donors (Lipinski definition) is 1. The van der Waals surface area contributed by atoms with E-state index < -0.39 is 0 Å². The third-order valence-electron chi connectivity index (χ3n) is 14.2. The van der Waals surface area contributed by atoms with E-state index in [4.69, 9.17) is 9.47 Å². The Kier molecular flexibility index (Phi) is 38.0. The lowest BCUT2D eigenvalue weighted by molar-refractivity contribution is -0.150. The van der Waals surface area contributed by atoms with Crippen LogP contribution in [0.4, 0.5) is 0 Å². The maximum absolute atomic E-state index is 13.4. The molecule has 2 saturated carbocycles. The number of aliphatic hydroxyl groups is 1. The minimum atomic E-state index is -0.107. The van der Waals surface area contributed by atoms with Crippen LogP contribution in [0.3, 0.4) is 0 Å². The average Bonchev–Trinajstić information content (AvgIpc) is 3.27. The first kappa shape index (κ1) is 57.4. The van der Waals surface area contributed by atoms with Gasteiger partial charge in [-0.2, -0.15) is 0 Å². The summed E-state index contributed by atoms with van der Waals surface area (Å²) in [6.07, 6.45) is 51.4. The van der Waals surface area contributed by atoms with Crippen LogP contribution in [0.15, 0.2) is 24.3 Å². The fraction of sp³-hybridized carbons (Fsp3) is 0.893. The fourth-order valence-electron chi connectivity index (χ4n) is 9.79. The number of carbonyl (C=O) groups is 2. The van der Waals surface area contributed by atoms with Crippen LogP contribution in [0.1, 0.15) is 252 Å². The highest BCUT2D eigenvalue weighted by Gasteiger charge is 2.27. The number of unbranched alkanes of at least 4 members (excludes halogenated alkanes) is 17. The number of nitrogens with zero attached hydrogens (tertiary/aromatic N) is 2. The van der Waals surface area contributed by atoms with E-state index in [1.165, 1.54) is 154 Å². The van der Waals surface area contributed by atoms with E-state index in [0.29, 0.717) is 44.1 Å². The molecule has 368 valence electrons. The van der Waals surface area contributed by atoms with Gasteiger partial charge in [0.25, 0.3) is 0 Å². The van der Waals surface area contributed by atoms with Gasteiger partial charge in [0.15, 0.2) is 0 Å². The van der Waals surface area contributed by atoms with Crippen LogP contribution in [0.25, 0.3) is 0 Å². The van der Waals surface area contributed by atoms with Gasteiger partial charge < -0.3 is 14.6 Å². The Bertz CT molecular complexity index is 1100. The number of aliphatic hydroxyl groups excluding tert-OH is 1. The van der Waals surface area contributed by atoms with Crippen LogP contribution in [0, 0.1) is 11.8 Å². The van der Waals surface area contributed by atoms with Gasteiger partial charge in [-0.1, -0.05) is 173 Å². The predicted molar refractivity (Wildman–Crippen MR) is 268 cm³/mol. The third kappa shape index (κ3) is 31.8. The highest BCUT2D eigenvalue weighted by Crippen LogP contribution is 2.27. The second-order valence-corrected chi connectivity index (χ2v) is 19.9. The molecule has 63 heavy (non-hydrogen) atoms. The Labute approximate surface area is 390 Å². The molecule has 0 spiro atoms. The molecule has 2 aliphatic carbocycles. The van der Waals surface area contributed by atoms with Gasteiger partial charge in [0.1, 0.15) is 0 Å². The Balaban J connectivity index is 1.85. The van der Waals surface area contributed by atoms with Crippen molar-refractivity contribution in [3.63, 3.8) is 0 Å². The highest BCUT2D eigenvalue weighted by atomic mass is 16.5. The molecule has 2 rings (SSSR count). The Morgan fingerprint density at radius 1 is 0.508 bits per heavy atom. The summed E-state index contributed by atoms with van der Waals surface area (Å²) in [5.74, 6) is 0.270. The highest BCUT2D eigenvalue weighted by molar-refractivity contribution is 5.70. The molecule has 2 aliphatic rings. The van der Waals surface area contributed by atoms with E-state index in [-0.39, 0.29) is 24.5 Å². The van der Waals surface area contributed by atoms with Crippen molar-refractivity contribution in [2.24, 2.45) is 11.8 Å². The SMILES string of the molecule is CCCCC/C=C\C/C=C\CCCCCCCC(=O)OCC(CCCCN(CCN(CCO)C1CCCCC1)C1CCC1)COC(=O)CC(CCCCCC)CCCCCCCC.